The van der Waals surface area contributed by atoms with Crippen molar-refractivity contribution in [1.82, 2.24) is 9.47 Å². The fraction of sp³-hybridized carbons (Fsp3) is 0.320. The summed E-state index contributed by atoms with van der Waals surface area (Å²) in [5.74, 6) is 0.198. The summed E-state index contributed by atoms with van der Waals surface area (Å²) in [4.78, 5) is 14.9. The Kier molecular flexibility index (Phi) is 7.32. The second kappa shape index (κ2) is 9.96. The number of hydrogen-bond acceptors (Lipinski definition) is 2. The monoisotopic (exact) mass is 544 g/mol. The number of allylic oxidation sites excluding steroid dienone is 1. The molecule has 0 spiro atoms. The molecule has 0 unspecified atom stereocenters. The Bertz CT molecular complexity index is 1300. The highest BCUT2D eigenvalue weighted by Crippen LogP contribution is 2.37. The van der Waals surface area contributed by atoms with Crippen LogP contribution in [-0.4, -0.2) is 33.6 Å². The molecule has 1 saturated heterocycles. The fourth-order valence-electron chi connectivity index (χ4n) is 4.51. The third-order valence-electron chi connectivity index (χ3n) is 6.31. The Labute approximate surface area is 215 Å². The first-order valence-electron chi connectivity index (χ1n) is 10.9. The molecule has 0 saturated carbocycles. The number of aliphatic hydroxyl groups excluding tert-OH is 1. The Hall–Kier alpha value is -2.35. The molecule has 2 heterocycles. The number of carbonyl (C=O) groups excluding carboxylic acids is 1. The molecule has 35 heavy (non-hydrogen) atoms. The average Bonchev–Trinajstić information content (AvgIpc) is 3.19. The van der Waals surface area contributed by atoms with Crippen molar-refractivity contribution in [2.45, 2.75) is 32.0 Å². The number of rotatable bonds is 5. The molecule has 3 aromatic rings. The fourth-order valence-corrected chi connectivity index (χ4v) is 5.42. The molecule has 1 fully saturated rings. The first-order valence-corrected chi connectivity index (χ1v) is 12.1. The van der Waals surface area contributed by atoms with Crippen LogP contribution in [0.5, 0.6) is 0 Å². The van der Waals surface area contributed by atoms with E-state index in [2.05, 4.69) is 6.58 Å². The van der Waals surface area contributed by atoms with Crippen molar-refractivity contribution >= 4 is 51.6 Å². The summed E-state index contributed by atoms with van der Waals surface area (Å²) >= 11 is 19.3. The van der Waals surface area contributed by atoms with Gasteiger partial charge in [-0.05, 0) is 49.1 Å². The van der Waals surface area contributed by atoms with Gasteiger partial charge in [-0.3, -0.25) is 4.79 Å². The van der Waals surface area contributed by atoms with E-state index in [4.69, 9.17) is 34.8 Å². The maximum Gasteiger partial charge on any atom is 0.416 e. The second-order valence-corrected chi connectivity index (χ2v) is 9.92. The van der Waals surface area contributed by atoms with Crippen molar-refractivity contribution in [3.05, 3.63) is 80.6 Å². The lowest BCUT2D eigenvalue weighted by atomic mass is 9.92. The first kappa shape index (κ1) is 25.7. The second-order valence-electron chi connectivity index (χ2n) is 8.73. The number of likely N-dealkylation sites (tertiary alicyclic amines) is 1. The third-order valence-corrected chi connectivity index (χ3v) is 7.39. The smallest absolute Gasteiger partial charge is 0.416 e. The van der Waals surface area contributed by atoms with Gasteiger partial charge in [-0.25, -0.2) is 0 Å². The van der Waals surface area contributed by atoms with Crippen LogP contribution in [0, 0.1) is 5.92 Å². The molecule has 1 aliphatic heterocycles. The van der Waals surface area contributed by atoms with Gasteiger partial charge >= 0.3 is 6.18 Å². The molecule has 1 amide bonds. The summed E-state index contributed by atoms with van der Waals surface area (Å²) in [7, 11) is 0. The SMILES string of the molecule is C=C(O)CC1CCN(C(=O)c2ccc(Cl)c(Cn3ccc4cc(C(F)(F)F)cc(Cl)c43)c2Cl)CC1. The van der Waals surface area contributed by atoms with Crippen molar-refractivity contribution < 1.29 is 23.1 Å². The molecule has 1 aliphatic rings. The van der Waals surface area contributed by atoms with Gasteiger partial charge < -0.3 is 14.6 Å². The molecule has 1 N–H and O–H groups in total. The molecular weight excluding hydrogens is 524 g/mol. The number of aromatic nitrogens is 1. The minimum absolute atomic E-state index is 0.0484. The number of fused-ring (bicyclic) bond motifs is 1. The van der Waals surface area contributed by atoms with E-state index < -0.39 is 11.7 Å². The predicted molar refractivity (Wildman–Crippen MR) is 133 cm³/mol. The quantitative estimate of drug-likeness (QED) is 0.330. The Morgan fingerprint density at radius 3 is 2.40 bits per heavy atom. The van der Waals surface area contributed by atoms with Crippen LogP contribution in [0.1, 0.15) is 40.7 Å². The largest absolute Gasteiger partial charge is 0.513 e. The van der Waals surface area contributed by atoms with Crippen molar-refractivity contribution in [2.75, 3.05) is 13.1 Å². The van der Waals surface area contributed by atoms with E-state index in [9.17, 15) is 23.1 Å². The number of benzene rings is 2. The van der Waals surface area contributed by atoms with E-state index in [1.165, 1.54) is 0 Å². The van der Waals surface area contributed by atoms with Crippen LogP contribution >= 0.6 is 34.8 Å². The van der Waals surface area contributed by atoms with Crippen LogP contribution in [0.3, 0.4) is 0 Å². The van der Waals surface area contributed by atoms with E-state index in [1.807, 2.05) is 0 Å². The molecule has 0 aliphatic carbocycles. The van der Waals surface area contributed by atoms with Crippen molar-refractivity contribution in [2.24, 2.45) is 5.92 Å². The Morgan fingerprint density at radius 1 is 1.09 bits per heavy atom. The maximum atomic E-state index is 13.2. The Morgan fingerprint density at radius 2 is 1.77 bits per heavy atom. The highest BCUT2D eigenvalue weighted by Gasteiger charge is 2.32. The maximum absolute atomic E-state index is 13.2. The van der Waals surface area contributed by atoms with Crippen molar-refractivity contribution in [1.29, 1.82) is 0 Å². The lowest BCUT2D eigenvalue weighted by molar-refractivity contribution is -0.137. The molecule has 10 heteroatoms. The molecule has 0 bridgehead atoms. The summed E-state index contributed by atoms with van der Waals surface area (Å²) in [6.07, 6.45) is -0.889. The zero-order valence-corrected chi connectivity index (χ0v) is 20.8. The predicted octanol–water partition coefficient (Wildman–Crippen LogP) is 7.98. The van der Waals surface area contributed by atoms with E-state index in [1.54, 1.807) is 33.9 Å². The summed E-state index contributed by atoms with van der Waals surface area (Å²) < 4.78 is 41.1. The molecule has 4 rings (SSSR count). The summed E-state index contributed by atoms with van der Waals surface area (Å²) in [6.45, 7) is 4.72. The van der Waals surface area contributed by atoms with Crippen molar-refractivity contribution in [3.63, 3.8) is 0 Å². The van der Waals surface area contributed by atoms with Crippen LogP contribution < -0.4 is 0 Å². The molecule has 0 atom stereocenters. The zero-order chi connectivity index (χ0) is 25.5. The topological polar surface area (TPSA) is 45.5 Å². The minimum atomic E-state index is -4.51. The van der Waals surface area contributed by atoms with E-state index in [0.717, 1.165) is 25.0 Å². The van der Waals surface area contributed by atoms with Gasteiger partial charge in [-0.2, -0.15) is 13.2 Å². The highest BCUT2D eigenvalue weighted by atomic mass is 35.5. The van der Waals surface area contributed by atoms with Crippen LogP contribution in [0.2, 0.25) is 15.1 Å². The van der Waals surface area contributed by atoms with Gasteiger partial charge in [0.15, 0.2) is 0 Å². The van der Waals surface area contributed by atoms with Crippen molar-refractivity contribution in [3.8, 4) is 0 Å². The first-order chi connectivity index (χ1) is 16.5. The number of nitrogens with zero attached hydrogens (tertiary/aromatic N) is 2. The Balaban J connectivity index is 1.60. The standard InChI is InChI=1S/C25H22Cl3F3N2O2/c1-14(34)10-15-4-7-32(8-5-15)24(35)18-2-3-20(26)19(22(18)28)13-33-9-6-16-11-17(25(29,30)31)12-21(27)23(16)33/h2-3,6,9,11-12,15,34H,1,4-5,7-8,10,13H2. The number of amides is 1. The van der Waals surface area contributed by atoms with Crippen LogP contribution in [0.15, 0.2) is 48.9 Å². The number of hydrogen-bond donors (Lipinski definition) is 1. The van der Waals surface area contributed by atoms with Crippen LogP contribution in [0.25, 0.3) is 10.9 Å². The number of halogens is 6. The van der Waals surface area contributed by atoms with Gasteiger partial charge in [0.05, 0.1) is 39.0 Å². The van der Waals surface area contributed by atoms with Gasteiger partial charge in [-0.1, -0.05) is 41.4 Å². The summed E-state index contributed by atoms with van der Waals surface area (Å²) in [6, 6.07) is 6.64. The van der Waals surface area contributed by atoms with Gasteiger partial charge in [0.25, 0.3) is 5.91 Å². The number of carbonyl (C=O) groups is 1. The summed E-state index contributed by atoms with van der Waals surface area (Å²) in [5.41, 5.74) is 0.358. The molecule has 2 aromatic carbocycles. The number of alkyl halides is 3. The number of aliphatic hydroxyl groups is 1. The van der Waals surface area contributed by atoms with E-state index >= 15 is 0 Å². The molecular formula is C25H22Cl3F3N2O2. The van der Waals surface area contributed by atoms with Crippen LogP contribution in [-0.2, 0) is 12.7 Å². The lowest BCUT2D eigenvalue weighted by Gasteiger charge is -2.32. The molecule has 1 aromatic heterocycles. The minimum Gasteiger partial charge on any atom is -0.513 e. The van der Waals surface area contributed by atoms with Gasteiger partial charge in [-0.15, -0.1) is 0 Å². The molecule has 186 valence electrons. The molecule has 0 radical (unpaired) electrons. The lowest BCUT2D eigenvalue weighted by Crippen LogP contribution is -2.38. The van der Waals surface area contributed by atoms with Crippen LogP contribution in [0.4, 0.5) is 13.2 Å². The normalized spacial score (nSPS) is 15.1. The highest BCUT2D eigenvalue weighted by molar-refractivity contribution is 6.38. The van der Waals surface area contributed by atoms with E-state index in [0.29, 0.717) is 46.6 Å². The summed E-state index contributed by atoms with van der Waals surface area (Å²) in [5, 5.41) is 10.2. The molecule has 4 nitrogen and oxygen atoms in total. The number of piperidine rings is 1. The average molecular weight is 546 g/mol. The zero-order valence-electron chi connectivity index (χ0n) is 18.5. The van der Waals surface area contributed by atoms with Gasteiger partial charge in [0, 0.05) is 41.7 Å². The van der Waals surface area contributed by atoms with Gasteiger partial charge in [0.2, 0.25) is 0 Å². The van der Waals surface area contributed by atoms with Gasteiger partial charge in [0.1, 0.15) is 0 Å². The van der Waals surface area contributed by atoms with E-state index in [-0.39, 0.29) is 34.2 Å². The third kappa shape index (κ3) is 5.42.